The number of aliphatic hydroxyl groups excluding tert-OH is 1. The Labute approximate surface area is 212 Å². The van der Waals surface area contributed by atoms with Crippen molar-refractivity contribution in [2.45, 2.75) is 24.9 Å². The molecule has 6 nitrogen and oxygen atoms in total. The molecule has 7 heteroatoms. The minimum absolute atomic E-state index is 0.159. The predicted molar refractivity (Wildman–Crippen MR) is 144 cm³/mol. The van der Waals surface area contributed by atoms with Crippen LogP contribution in [0.1, 0.15) is 12.8 Å². The molecule has 2 N–H and O–H groups in total. The summed E-state index contributed by atoms with van der Waals surface area (Å²) in [6, 6.07) is 18.3. The molecule has 1 aliphatic heterocycles. The molecule has 2 aliphatic rings. The molecule has 2 atom stereocenters. The Bertz CT molecular complexity index is 1040. The number of hydrogen-bond donors (Lipinski definition) is 2. The van der Waals surface area contributed by atoms with E-state index in [-0.39, 0.29) is 6.04 Å². The molecule has 4 rings (SSSR count). The summed E-state index contributed by atoms with van der Waals surface area (Å²) >= 11 is 2.03. The Kier molecular flexibility index (Phi) is 9.32. The molecule has 1 aliphatic carbocycles. The van der Waals surface area contributed by atoms with E-state index in [4.69, 9.17) is 9.47 Å². The summed E-state index contributed by atoms with van der Waals surface area (Å²) in [6.45, 7) is 1.58. The first-order chi connectivity index (χ1) is 17.2. The fourth-order valence-electron chi connectivity index (χ4n) is 3.94. The SMILES string of the molecule is CN(CCOc1ccc([N+](=CO)/C=C\NC2C=CC(Oc3ccccc3)=CC2)cc1)C1CCSC1. The number of ether oxygens (including phenoxy) is 2. The molecular formula is C28H34N3O3S+. The van der Waals surface area contributed by atoms with Gasteiger partial charge in [0.2, 0.25) is 5.69 Å². The van der Waals surface area contributed by atoms with Crippen molar-refractivity contribution in [2.75, 3.05) is 31.7 Å². The number of allylic oxidation sites excluding steroid dienone is 1. The zero-order valence-corrected chi connectivity index (χ0v) is 20.9. The highest BCUT2D eigenvalue weighted by Crippen LogP contribution is 2.22. The molecule has 35 heavy (non-hydrogen) atoms. The second-order valence-electron chi connectivity index (χ2n) is 8.57. The third-order valence-corrected chi connectivity index (χ3v) is 7.24. The van der Waals surface area contributed by atoms with Gasteiger partial charge >= 0.3 is 6.40 Å². The van der Waals surface area contributed by atoms with Crippen LogP contribution < -0.4 is 14.8 Å². The number of nitrogens with one attached hydrogen (secondary N) is 1. The number of rotatable bonds is 11. The summed E-state index contributed by atoms with van der Waals surface area (Å²) in [5.41, 5.74) is 0.843. The lowest BCUT2D eigenvalue weighted by Gasteiger charge is -2.23. The van der Waals surface area contributed by atoms with Gasteiger partial charge in [-0.1, -0.05) is 24.3 Å². The lowest BCUT2D eigenvalue weighted by Crippen LogP contribution is -2.34. The van der Waals surface area contributed by atoms with Crippen molar-refractivity contribution in [3.63, 3.8) is 0 Å². The minimum Gasteiger partial charge on any atom is -0.492 e. The Morgan fingerprint density at radius 2 is 1.97 bits per heavy atom. The van der Waals surface area contributed by atoms with Crippen LogP contribution in [0, 0.1) is 0 Å². The molecule has 0 saturated carbocycles. The molecular weight excluding hydrogens is 458 g/mol. The van der Waals surface area contributed by atoms with E-state index in [9.17, 15) is 5.11 Å². The van der Waals surface area contributed by atoms with Crippen molar-refractivity contribution >= 4 is 23.8 Å². The van der Waals surface area contributed by atoms with Crippen LogP contribution in [0.15, 0.2) is 91.0 Å². The maximum absolute atomic E-state index is 9.71. The van der Waals surface area contributed by atoms with Crippen LogP contribution in [0.4, 0.5) is 5.69 Å². The van der Waals surface area contributed by atoms with Crippen LogP contribution in [0.5, 0.6) is 11.5 Å². The Morgan fingerprint density at radius 3 is 2.66 bits per heavy atom. The van der Waals surface area contributed by atoms with E-state index >= 15 is 0 Å². The Balaban J connectivity index is 1.20. The highest BCUT2D eigenvalue weighted by Gasteiger charge is 2.19. The molecule has 0 bridgehead atoms. The van der Waals surface area contributed by atoms with Crippen molar-refractivity contribution in [2.24, 2.45) is 0 Å². The van der Waals surface area contributed by atoms with E-state index in [0.717, 1.165) is 42.3 Å². The fourth-order valence-corrected chi connectivity index (χ4v) is 5.24. The van der Waals surface area contributed by atoms with Gasteiger partial charge in [0.1, 0.15) is 23.9 Å². The normalized spacial score (nSPS) is 20.3. The molecule has 0 radical (unpaired) electrons. The van der Waals surface area contributed by atoms with Crippen molar-refractivity contribution in [1.29, 1.82) is 0 Å². The largest absolute Gasteiger partial charge is 0.492 e. The van der Waals surface area contributed by atoms with Crippen molar-refractivity contribution in [1.82, 2.24) is 10.2 Å². The highest BCUT2D eigenvalue weighted by atomic mass is 32.2. The summed E-state index contributed by atoms with van der Waals surface area (Å²) in [5, 5.41) is 13.1. The summed E-state index contributed by atoms with van der Waals surface area (Å²) in [6.07, 6.45) is 12.9. The first kappa shape index (κ1) is 24.9. The standard InChI is InChI=1S/C28H33N3O3S/c1-30(25-15-20-35-21-25)18-19-33-26-13-9-24(10-14-26)31(22-32)17-16-29-23-7-11-28(12-8-23)34-27-5-3-2-4-6-27/h2-7,9-14,16-17,22-23,25,29H,8,15,18-21H2,1H3/p+1/b17-16-. The second kappa shape index (κ2) is 13.1. The quantitative estimate of drug-likeness (QED) is 0.259. The molecule has 2 aromatic rings. The minimum atomic E-state index is 0.159. The van der Waals surface area contributed by atoms with Gasteiger partial charge < -0.3 is 19.9 Å². The molecule has 2 unspecified atom stereocenters. The van der Waals surface area contributed by atoms with Gasteiger partial charge in [-0.3, -0.25) is 4.90 Å². The zero-order valence-electron chi connectivity index (χ0n) is 20.1. The van der Waals surface area contributed by atoms with E-state index < -0.39 is 0 Å². The summed E-state index contributed by atoms with van der Waals surface area (Å²) in [7, 11) is 2.18. The van der Waals surface area contributed by atoms with E-state index in [1.165, 1.54) is 17.9 Å². The highest BCUT2D eigenvalue weighted by molar-refractivity contribution is 7.99. The van der Waals surface area contributed by atoms with Crippen LogP contribution in [-0.2, 0) is 0 Å². The Morgan fingerprint density at radius 1 is 1.14 bits per heavy atom. The zero-order chi connectivity index (χ0) is 24.3. The number of para-hydroxylation sites is 1. The number of nitrogens with zero attached hydrogens (tertiary/aromatic N) is 2. The lowest BCUT2D eigenvalue weighted by molar-refractivity contribution is -0.364. The van der Waals surface area contributed by atoms with Crippen LogP contribution >= 0.6 is 11.8 Å². The maximum Gasteiger partial charge on any atom is 0.332 e. The van der Waals surface area contributed by atoms with Crippen LogP contribution in [0.25, 0.3) is 0 Å². The summed E-state index contributed by atoms with van der Waals surface area (Å²) in [4.78, 5) is 2.39. The third-order valence-electron chi connectivity index (χ3n) is 6.09. The van der Waals surface area contributed by atoms with E-state index in [1.54, 1.807) is 10.8 Å². The van der Waals surface area contributed by atoms with Gasteiger partial charge in [0.05, 0.1) is 6.20 Å². The van der Waals surface area contributed by atoms with E-state index in [1.807, 2.05) is 78.6 Å². The van der Waals surface area contributed by atoms with Crippen LogP contribution in [0.2, 0.25) is 0 Å². The van der Waals surface area contributed by atoms with Gasteiger partial charge in [-0.15, -0.1) is 4.58 Å². The number of likely N-dealkylation sites (N-methyl/N-ethyl adjacent to an activating group) is 1. The van der Waals surface area contributed by atoms with Gasteiger partial charge in [-0.2, -0.15) is 11.8 Å². The average Bonchev–Trinajstić information content (AvgIpc) is 3.44. The lowest BCUT2D eigenvalue weighted by atomic mass is 10.1. The number of aliphatic hydroxyl groups is 1. The van der Waals surface area contributed by atoms with E-state index in [0.29, 0.717) is 12.6 Å². The first-order valence-corrected chi connectivity index (χ1v) is 13.2. The maximum atomic E-state index is 9.71. The molecule has 2 aromatic carbocycles. The average molecular weight is 493 g/mol. The second-order valence-corrected chi connectivity index (χ2v) is 9.72. The molecule has 184 valence electrons. The first-order valence-electron chi connectivity index (χ1n) is 12.0. The van der Waals surface area contributed by atoms with Gasteiger partial charge in [-0.05, 0) is 62.1 Å². The van der Waals surface area contributed by atoms with Crippen molar-refractivity contribution in [3.8, 4) is 11.5 Å². The number of hydrogen-bond acceptors (Lipinski definition) is 5. The van der Waals surface area contributed by atoms with Gasteiger partial charge in [0.15, 0.2) is 6.20 Å². The van der Waals surface area contributed by atoms with Crippen molar-refractivity contribution < 1.29 is 19.2 Å². The molecule has 0 spiro atoms. The molecule has 1 heterocycles. The van der Waals surface area contributed by atoms with Gasteiger partial charge in [0.25, 0.3) is 0 Å². The number of benzene rings is 2. The van der Waals surface area contributed by atoms with Gasteiger partial charge in [-0.25, -0.2) is 0 Å². The van der Waals surface area contributed by atoms with Crippen LogP contribution in [-0.4, -0.2) is 64.8 Å². The van der Waals surface area contributed by atoms with Gasteiger partial charge in [0, 0.05) is 36.5 Å². The van der Waals surface area contributed by atoms with E-state index in [2.05, 4.69) is 29.4 Å². The summed E-state index contributed by atoms with van der Waals surface area (Å²) in [5.74, 6) is 4.98. The molecule has 0 aromatic heterocycles. The predicted octanol–water partition coefficient (Wildman–Crippen LogP) is 5.09. The molecule has 1 fully saturated rings. The Hall–Kier alpha value is -3.16. The van der Waals surface area contributed by atoms with Crippen molar-refractivity contribution in [3.05, 3.63) is 91.0 Å². The third kappa shape index (κ3) is 7.67. The van der Waals surface area contributed by atoms with Crippen LogP contribution in [0.3, 0.4) is 0 Å². The molecule has 0 amide bonds. The topological polar surface area (TPSA) is 57.0 Å². The summed E-state index contributed by atoms with van der Waals surface area (Å²) < 4.78 is 13.4. The monoisotopic (exact) mass is 492 g/mol. The molecule has 1 saturated heterocycles. The fraction of sp³-hybridized carbons (Fsp3) is 0.321. The number of thioether (sulfide) groups is 1. The smallest absolute Gasteiger partial charge is 0.332 e.